The van der Waals surface area contributed by atoms with Crippen LogP contribution in [0.5, 0.6) is 0 Å². The second-order valence-corrected chi connectivity index (χ2v) is 5.96. The Bertz CT molecular complexity index is 669. The van der Waals surface area contributed by atoms with E-state index in [0.717, 1.165) is 9.75 Å². The van der Waals surface area contributed by atoms with E-state index in [2.05, 4.69) is 5.32 Å². The molecule has 0 aliphatic heterocycles. The van der Waals surface area contributed by atoms with Gasteiger partial charge >= 0.3 is 5.97 Å². The number of hydrogen-bond donors (Lipinski definition) is 2. The number of carbonyl (C=O) groups is 2. The van der Waals surface area contributed by atoms with Gasteiger partial charge in [-0.15, -0.1) is 11.3 Å². The molecule has 2 aromatic rings. The van der Waals surface area contributed by atoms with Crippen LogP contribution in [0.25, 0.3) is 0 Å². The molecule has 0 saturated carbocycles. The van der Waals surface area contributed by atoms with Crippen LogP contribution >= 0.6 is 11.3 Å². The van der Waals surface area contributed by atoms with Crippen molar-refractivity contribution in [2.75, 3.05) is 0 Å². The van der Waals surface area contributed by atoms with Gasteiger partial charge in [-0.3, -0.25) is 4.79 Å². The summed E-state index contributed by atoms with van der Waals surface area (Å²) < 4.78 is 5.30. The Morgan fingerprint density at radius 2 is 1.95 bits per heavy atom. The molecular formula is C14H15NO4S. The van der Waals surface area contributed by atoms with Crippen LogP contribution in [0.3, 0.4) is 0 Å². The number of aromatic carboxylic acids is 1. The zero-order valence-corrected chi connectivity index (χ0v) is 12.3. The van der Waals surface area contributed by atoms with E-state index in [4.69, 9.17) is 9.52 Å². The number of nitrogens with one attached hydrogen (secondary N) is 1. The molecule has 0 aliphatic carbocycles. The Hall–Kier alpha value is -2.08. The fourth-order valence-corrected chi connectivity index (χ4v) is 2.88. The number of carbonyl (C=O) groups excluding carboxylic acids is 1. The quantitative estimate of drug-likeness (QED) is 0.908. The summed E-state index contributed by atoms with van der Waals surface area (Å²) in [5.41, 5.74) is 0.769. The molecule has 20 heavy (non-hydrogen) atoms. The van der Waals surface area contributed by atoms with Gasteiger partial charge in [0.2, 0.25) is 0 Å². The van der Waals surface area contributed by atoms with Gasteiger partial charge in [0, 0.05) is 9.75 Å². The molecule has 0 spiro atoms. The highest BCUT2D eigenvalue weighted by Gasteiger charge is 2.15. The summed E-state index contributed by atoms with van der Waals surface area (Å²) in [6, 6.07) is 3.27. The number of carboxylic acid groups (broad SMARTS) is 1. The Morgan fingerprint density at radius 3 is 2.45 bits per heavy atom. The molecule has 1 amide bonds. The van der Waals surface area contributed by atoms with Crippen LogP contribution < -0.4 is 5.32 Å². The smallest absolute Gasteiger partial charge is 0.339 e. The van der Waals surface area contributed by atoms with E-state index < -0.39 is 5.97 Å². The van der Waals surface area contributed by atoms with Crippen molar-refractivity contribution in [1.82, 2.24) is 5.32 Å². The molecule has 2 aromatic heterocycles. The van der Waals surface area contributed by atoms with Crippen LogP contribution in [-0.4, -0.2) is 17.0 Å². The predicted molar refractivity (Wildman–Crippen MR) is 75.4 cm³/mol. The van der Waals surface area contributed by atoms with Gasteiger partial charge in [-0.25, -0.2) is 4.79 Å². The van der Waals surface area contributed by atoms with Crippen LogP contribution in [0.15, 0.2) is 16.5 Å². The summed E-state index contributed by atoms with van der Waals surface area (Å²) in [5, 5.41) is 11.7. The predicted octanol–water partition coefficient (Wildman–Crippen LogP) is 2.89. The molecule has 2 heterocycles. The highest BCUT2D eigenvalue weighted by Crippen LogP contribution is 2.20. The minimum Gasteiger partial charge on any atom is -0.478 e. The summed E-state index contributed by atoms with van der Waals surface area (Å²) in [4.78, 5) is 24.9. The monoisotopic (exact) mass is 293 g/mol. The standard InChI is InChI=1S/C14H15NO4S/c1-7-4-12(9(3)20-7)13(16)15-6-10-5-11(14(17)18)8(2)19-10/h4-5H,6H2,1-3H3,(H,15,16)(H,17,18). The van der Waals surface area contributed by atoms with E-state index in [1.807, 2.05) is 19.9 Å². The Kier molecular flexibility index (Phi) is 3.94. The second-order valence-electron chi connectivity index (χ2n) is 4.50. The lowest BCUT2D eigenvalue weighted by atomic mass is 10.2. The summed E-state index contributed by atoms with van der Waals surface area (Å²) >= 11 is 1.57. The molecule has 5 nitrogen and oxygen atoms in total. The maximum atomic E-state index is 12.0. The van der Waals surface area contributed by atoms with Gasteiger partial charge in [-0.2, -0.15) is 0 Å². The van der Waals surface area contributed by atoms with Crippen molar-refractivity contribution in [3.05, 3.63) is 44.5 Å². The molecule has 2 rings (SSSR count). The number of carboxylic acids is 1. The average molecular weight is 293 g/mol. The Morgan fingerprint density at radius 1 is 1.25 bits per heavy atom. The fourth-order valence-electron chi connectivity index (χ4n) is 1.96. The van der Waals surface area contributed by atoms with E-state index in [-0.39, 0.29) is 18.0 Å². The van der Waals surface area contributed by atoms with Gasteiger partial charge in [0.1, 0.15) is 17.1 Å². The van der Waals surface area contributed by atoms with E-state index in [9.17, 15) is 9.59 Å². The zero-order valence-electron chi connectivity index (χ0n) is 11.4. The second kappa shape index (κ2) is 5.50. The third-order valence-corrected chi connectivity index (χ3v) is 3.87. The van der Waals surface area contributed by atoms with E-state index in [0.29, 0.717) is 17.1 Å². The van der Waals surface area contributed by atoms with Crippen molar-refractivity contribution < 1.29 is 19.1 Å². The lowest BCUT2D eigenvalue weighted by Crippen LogP contribution is -2.22. The van der Waals surface area contributed by atoms with Crippen molar-refractivity contribution in [3.8, 4) is 0 Å². The lowest BCUT2D eigenvalue weighted by molar-refractivity contribution is 0.0694. The molecular weight excluding hydrogens is 278 g/mol. The molecule has 0 bridgehead atoms. The first kappa shape index (κ1) is 14.3. The topological polar surface area (TPSA) is 79.5 Å². The van der Waals surface area contributed by atoms with E-state index >= 15 is 0 Å². The van der Waals surface area contributed by atoms with Crippen molar-refractivity contribution in [2.45, 2.75) is 27.3 Å². The van der Waals surface area contributed by atoms with Gasteiger partial charge in [0.15, 0.2) is 0 Å². The van der Waals surface area contributed by atoms with Gasteiger partial charge in [-0.05, 0) is 32.9 Å². The fraction of sp³-hybridized carbons (Fsp3) is 0.286. The van der Waals surface area contributed by atoms with E-state index in [1.54, 1.807) is 18.3 Å². The Balaban J connectivity index is 2.05. The maximum Gasteiger partial charge on any atom is 0.339 e. The summed E-state index contributed by atoms with van der Waals surface area (Å²) in [6.45, 7) is 5.60. The normalized spacial score (nSPS) is 10.6. The maximum absolute atomic E-state index is 12.0. The zero-order chi connectivity index (χ0) is 14.9. The summed E-state index contributed by atoms with van der Waals surface area (Å²) in [7, 11) is 0. The highest BCUT2D eigenvalue weighted by atomic mass is 32.1. The Labute approximate surface area is 120 Å². The van der Waals surface area contributed by atoms with Gasteiger partial charge in [0.05, 0.1) is 12.1 Å². The van der Waals surface area contributed by atoms with Crippen molar-refractivity contribution in [1.29, 1.82) is 0 Å². The number of rotatable bonds is 4. The highest BCUT2D eigenvalue weighted by molar-refractivity contribution is 7.12. The molecule has 2 N–H and O–H groups in total. The first-order chi connectivity index (χ1) is 9.38. The summed E-state index contributed by atoms with van der Waals surface area (Å²) in [6.07, 6.45) is 0. The molecule has 0 aliphatic rings. The SMILES string of the molecule is Cc1cc(C(=O)NCc2cc(C(=O)O)c(C)o2)c(C)s1. The largest absolute Gasteiger partial charge is 0.478 e. The molecule has 0 atom stereocenters. The van der Waals surface area contributed by atoms with Crippen LogP contribution in [0.1, 0.15) is 42.0 Å². The molecule has 0 fully saturated rings. The van der Waals surface area contributed by atoms with Crippen LogP contribution in [0.4, 0.5) is 0 Å². The summed E-state index contributed by atoms with van der Waals surface area (Å²) in [5.74, 6) is -0.451. The number of furan rings is 1. The third-order valence-electron chi connectivity index (χ3n) is 2.91. The number of aryl methyl sites for hydroxylation is 3. The lowest BCUT2D eigenvalue weighted by Gasteiger charge is -2.02. The first-order valence-corrected chi connectivity index (χ1v) is 6.88. The van der Waals surface area contributed by atoms with Gasteiger partial charge in [0.25, 0.3) is 5.91 Å². The average Bonchev–Trinajstić information content (AvgIpc) is 2.89. The number of hydrogen-bond acceptors (Lipinski definition) is 4. The van der Waals surface area contributed by atoms with Crippen LogP contribution in [-0.2, 0) is 6.54 Å². The van der Waals surface area contributed by atoms with Crippen molar-refractivity contribution >= 4 is 23.2 Å². The number of thiophene rings is 1. The van der Waals surface area contributed by atoms with Crippen LogP contribution in [0, 0.1) is 20.8 Å². The van der Waals surface area contributed by atoms with Crippen LogP contribution in [0.2, 0.25) is 0 Å². The van der Waals surface area contributed by atoms with Gasteiger partial charge in [-0.1, -0.05) is 0 Å². The molecule has 106 valence electrons. The molecule has 0 radical (unpaired) electrons. The third kappa shape index (κ3) is 2.91. The molecule has 0 aromatic carbocycles. The first-order valence-electron chi connectivity index (χ1n) is 6.06. The molecule has 6 heteroatoms. The number of amides is 1. The minimum absolute atomic E-state index is 0.122. The van der Waals surface area contributed by atoms with Gasteiger partial charge < -0.3 is 14.8 Å². The molecule has 0 saturated heterocycles. The van der Waals surface area contributed by atoms with Crippen molar-refractivity contribution in [2.24, 2.45) is 0 Å². The van der Waals surface area contributed by atoms with E-state index in [1.165, 1.54) is 6.07 Å². The minimum atomic E-state index is -1.03. The van der Waals surface area contributed by atoms with Crippen molar-refractivity contribution in [3.63, 3.8) is 0 Å². The molecule has 0 unspecified atom stereocenters.